The Hall–Kier alpha value is -1.89. The highest BCUT2D eigenvalue weighted by Crippen LogP contribution is 2.41. The number of thiophene rings is 1. The van der Waals surface area contributed by atoms with Crippen molar-refractivity contribution in [1.82, 2.24) is 5.32 Å². The number of amides is 2. The highest BCUT2D eigenvalue weighted by Gasteiger charge is 2.37. The SMILES string of the molecule is CC[C@@H]1CCc2c(sc(NC(=O)[C@H]3CCCC[C@@H]3C(=O)O)c2C(=O)NC2CC2)C1. The first-order valence-electron chi connectivity index (χ1n) is 11.0. The van der Waals surface area contributed by atoms with E-state index < -0.39 is 17.8 Å². The number of nitrogens with one attached hydrogen (secondary N) is 2. The Morgan fingerprint density at radius 1 is 1.07 bits per heavy atom. The zero-order valence-electron chi connectivity index (χ0n) is 17.0. The average Bonchev–Trinajstić information content (AvgIpc) is 3.45. The molecular weight excluding hydrogens is 388 g/mol. The molecule has 2 saturated carbocycles. The third-order valence-electron chi connectivity index (χ3n) is 6.74. The minimum atomic E-state index is -0.896. The summed E-state index contributed by atoms with van der Waals surface area (Å²) >= 11 is 1.52. The minimum absolute atomic E-state index is 0.0892. The number of carbonyl (C=O) groups is 3. The molecule has 2 fully saturated rings. The largest absolute Gasteiger partial charge is 0.481 e. The van der Waals surface area contributed by atoms with Crippen LogP contribution >= 0.6 is 11.3 Å². The molecule has 0 saturated heterocycles. The third kappa shape index (κ3) is 4.34. The lowest BCUT2D eigenvalue weighted by atomic mass is 9.78. The molecule has 1 heterocycles. The van der Waals surface area contributed by atoms with Crippen molar-refractivity contribution in [3.63, 3.8) is 0 Å². The number of fused-ring (bicyclic) bond motifs is 1. The second-order valence-electron chi connectivity index (χ2n) is 8.80. The molecule has 3 atom stereocenters. The summed E-state index contributed by atoms with van der Waals surface area (Å²) in [5.41, 5.74) is 1.72. The summed E-state index contributed by atoms with van der Waals surface area (Å²) in [6, 6.07) is 0.253. The van der Waals surface area contributed by atoms with E-state index in [2.05, 4.69) is 17.6 Å². The van der Waals surface area contributed by atoms with E-state index in [0.29, 0.717) is 29.3 Å². The molecule has 7 heteroatoms. The van der Waals surface area contributed by atoms with E-state index in [1.807, 2.05) is 0 Å². The number of rotatable bonds is 6. The number of anilines is 1. The molecule has 3 aliphatic carbocycles. The molecule has 0 spiro atoms. The van der Waals surface area contributed by atoms with Crippen molar-refractivity contribution >= 4 is 34.1 Å². The molecule has 29 heavy (non-hydrogen) atoms. The zero-order chi connectivity index (χ0) is 20.5. The van der Waals surface area contributed by atoms with Gasteiger partial charge in [0.05, 0.1) is 17.4 Å². The minimum Gasteiger partial charge on any atom is -0.481 e. The summed E-state index contributed by atoms with van der Waals surface area (Å²) < 4.78 is 0. The van der Waals surface area contributed by atoms with Gasteiger partial charge in [-0.15, -0.1) is 11.3 Å². The van der Waals surface area contributed by atoms with Crippen molar-refractivity contribution in [2.24, 2.45) is 17.8 Å². The molecule has 0 bridgehead atoms. The molecule has 0 radical (unpaired) electrons. The van der Waals surface area contributed by atoms with Gasteiger partial charge >= 0.3 is 5.97 Å². The van der Waals surface area contributed by atoms with Crippen LogP contribution in [0.3, 0.4) is 0 Å². The predicted octanol–water partition coefficient (Wildman–Crippen LogP) is 3.98. The van der Waals surface area contributed by atoms with Crippen LogP contribution in [0.2, 0.25) is 0 Å². The standard InChI is InChI=1S/C22H30N2O4S/c1-2-12-7-10-16-17(11-12)29-21(18(16)20(26)23-13-8-9-13)24-19(25)14-5-3-4-6-15(14)22(27)28/h12-15H,2-11H2,1H3,(H,23,26)(H,24,25)(H,27,28)/t12-,14+,15+/m1/s1. The first kappa shape index (κ1) is 20.4. The van der Waals surface area contributed by atoms with E-state index >= 15 is 0 Å². The highest BCUT2D eigenvalue weighted by atomic mass is 32.1. The summed E-state index contributed by atoms with van der Waals surface area (Å²) in [4.78, 5) is 38.8. The van der Waals surface area contributed by atoms with Gasteiger partial charge in [0.2, 0.25) is 5.91 Å². The van der Waals surface area contributed by atoms with Crippen molar-refractivity contribution in [2.75, 3.05) is 5.32 Å². The number of aliphatic carboxylic acids is 1. The normalized spacial score (nSPS) is 26.4. The van der Waals surface area contributed by atoms with E-state index in [9.17, 15) is 19.5 Å². The van der Waals surface area contributed by atoms with Crippen LogP contribution in [0.4, 0.5) is 5.00 Å². The lowest BCUT2D eigenvalue weighted by molar-refractivity contribution is -0.147. The van der Waals surface area contributed by atoms with Gasteiger partial charge in [0, 0.05) is 10.9 Å². The van der Waals surface area contributed by atoms with Crippen LogP contribution in [-0.2, 0) is 22.4 Å². The number of carboxylic acid groups (broad SMARTS) is 1. The molecular formula is C22H30N2O4S. The topological polar surface area (TPSA) is 95.5 Å². The molecule has 3 N–H and O–H groups in total. The van der Waals surface area contributed by atoms with Gasteiger partial charge in [0.15, 0.2) is 0 Å². The predicted molar refractivity (Wildman–Crippen MR) is 112 cm³/mol. The first-order chi connectivity index (χ1) is 14.0. The van der Waals surface area contributed by atoms with E-state index in [1.54, 1.807) is 0 Å². The fraction of sp³-hybridized carbons (Fsp3) is 0.682. The van der Waals surface area contributed by atoms with Crippen LogP contribution in [0.1, 0.15) is 79.1 Å². The Bertz CT molecular complexity index is 814. The first-order valence-corrected chi connectivity index (χ1v) is 11.8. The van der Waals surface area contributed by atoms with E-state index in [0.717, 1.165) is 56.9 Å². The Kier molecular flexibility index (Phi) is 5.95. The number of carbonyl (C=O) groups excluding carboxylic acids is 2. The maximum Gasteiger partial charge on any atom is 0.307 e. The molecule has 1 aromatic rings. The molecule has 2 amide bonds. The summed E-state index contributed by atoms with van der Waals surface area (Å²) in [6.07, 6.45) is 8.90. The molecule has 0 unspecified atom stereocenters. The van der Waals surface area contributed by atoms with Gasteiger partial charge in [-0.3, -0.25) is 14.4 Å². The van der Waals surface area contributed by atoms with Crippen LogP contribution in [0.5, 0.6) is 0 Å². The summed E-state index contributed by atoms with van der Waals surface area (Å²) in [5, 5.41) is 16.2. The van der Waals surface area contributed by atoms with Crippen LogP contribution < -0.4 is 10.6 Å². The van der Waals surface area contributed by atoms with Gasteiger partial charge in [0.1, 0.15) is 5.00 Å². The fourth-order valence-corrected chi connectivity index (χ4v) is 6.12. The lowest BCUT2D eigenvalue weighted by Gasteiger charge is -2.27. The second-order valence-corrected chi connectivity index (χ2v) is 9.90. The molecule has 0 aromatic carbocycles. The number of hydrogen-bond acceptors (Lipinski definition) is 4. The molecule has 0 aliphatic heterocycles. The Labute approximate surface area is 175 Å². The Morgan fingerprint density at radius 2 is 1.79 bits per heavy atom. The lowest BCUT2D eigenvalue weighted by Crippen LogP contribution is -2.36. The van der Waals surface area contributed by atoms with Crippen LogP contribution in [-0.4, -0.2) is 28.9 Å². The molecule has 1 aromatic heterocycles. The van der Waals surface area contributed by atoms with Gasteiger partial charge in [0.25, 0.3) is 5.91 Å². The van der Waals surface area contributed by atoms with Gasteiger partial charge < -0.3 is 15.7 Å². The van der Waals surface area contributed by atoms with Crippen molar-refractivity contribution in [3.05, 3.63) is 16.0 Å². The van der Waals surface area contributed by atoms with Crippen molar-refractivity contribution < 1.29 is 19.5 Å². The second kappa shape index (κ2) is 8.46. The van der Waals surface area contributed by atoms with Gasteiger partial charge in [-0.05, 0) is 56.4 Å². The number of hydrogen-bond donors (Lipinski definition) is 3. The highest BCUT2D eigenvalue weighted by molar-refractivity contribution is 7.17. The van der Waals surface area contributed by atoms with Crippen molar-refractivity contribution in [2.45, 2.75) is 77.2 Å². The Morgan fingerprint density at radius 3 is 2.45 bits per heavy atom. The van der Waals surface area contributed by atoms with Crippen molar-refractivity contribution in [1.29, 1.82) is 0 Å². The smallest absolute Gasteiger partial charge is 0.307 e. The van der Waals surface area contributed by atoms with Crippen LogP contribution in [0.25, 0.3) is 0 Å². The van der Waals surface area contributed by atoms with E-state index in [1.165, 1.54) is 16.2 Å². The molecule has 3 aliphatic rings. The van der Waals surface area contributed by atoms with Crippen LogP contribution in [0, 0.1) is 17.8 Å². The van der Waals surface area contributed by atoms with E-state index in [-0.39, 0.29) is 17.9 Å². The zero-order valence-corrected chi connectivity index (χ0v) is 17.8. The third-order valence-corrected chi connectivity index (χ3v) is 7.91. The maximum absolute atomic E-state index is 13.0. The van der Waals surface area contributed by atoms with Gasteiger partial charge in [-0.1, -0.05) is 26.2 Å². The van der Waals surface area contributed by atoms with E-state index in [4.69, 9.17) is 0 Å². The quantitative estimate of drug-likeness (QED) is 0.651. The molecule has 6 nitrogen and oxygen atoms in total. The fourth-order valence-electron chi connectivity index (χ4n) is 4.76. The molecule has 4 rings (SSSR count). The van der Waals surface area contributed by atoms with Crippen molar-refractivity contribution in [3.8, 4) is 0 Å². The van der Waals surface area contributed by atoms with Gasteiger partial charge in [-0.2, -0.15) is 0 Å². The number of carboxylic acids is 1. The monoisotopic (exact) mass is 418 g/mol. The summed E-state index contributed by atoms with van der Waals surface area (Å²) in [6.45, 7) is 2.20. The summed E-state index contributed by atoms with van der Waals surface area (Å²) in [7, 11) is 0. The van der Waals surface area contributed by atoms with Crippen LogP contribution in [0.15, 0.2) is 0 Å². The average molecular weight is 419 g/mol. The maximum atomic E-state index is 13.0. The Balaban J connectivity index is 1.60. The summed E-state index contributed by atoms with van der Waals surface area (Å²) in [5.74, 6) is -1.77. The molecule has 158 valence electrons. The van der Waals surface area contributed by atoms with Gasteiger partial charge in [-0.25, -0.2) is 0 Å².